The summed E-state index contributed by atoms with van der Waals surface area (Å²) in [7, 11) is 0. The van der Waals surface area contributed by atoms with E-state index in [2.05, 4.69) is 4.99 Å². The van der Waals surface area contributed by atoms with Gasteiger partial charge >= 0.3 is 0 Å². The minimum absolute atomic E-state index is 0.0197. The molecule has 2 aliphatic carbocycles. The van der Waals surface area contributed by atoms with Crippen LogP contribution >= 0.6 is 0 Å². The predicted molar refractivity (Wildman–Crippen MR) is 70.4 cm³/mol. The number of carbonyl (C=O) groups excluding carboxylic acids is 1. The summed E-state index contributed by atoms with van der Waals surface area (Å²) < 4.78 is 0.950. The number of carbonyl (C=O) groups is 1. The molecule has 1 N–H and O–H groups in total. The SMILES string of the molecule is O=C(N=c1ccn(O)cc1)C1CC1C1CCCCC1. The Morgan fingerprint density at radius 1 is 1.21 bits per heavy atom. The maximum absolute atomic E-state index is 12.1. The van der Waals surface area contributed by atoms with Crippen molar-refractivity contribution in [2.45, 2.75) is 38.5 Å². The van der Waals surface area contributed by atoms with Crippen LogP contribution in [0.3, 0.4) is 0 Å². The number of aromatic nitrogens is 1. The highest BCUT2D eigenvalue weighted by atomic mass is 16.5. The van der Waals surface area contributed by atoms with Crippen molar-refractivity contribution < 1.29 is 10.0 Å². The van der Waals surface area contributed by atoms with E-state index in [1.54, 1.807) is 12.1 Å². The minimum atomic E-state index is 0.0197. The normalized spacial score (nSPS) is 26.9. The number of rotatable bonds is 2. The third-order valence-corrected chi connectivity index (χ3v) is 4.45. The van der Waals surface area contributed by atoms with Crippen molar-refractivity contribution in [1.82, 2.24) is 4.73 Å². The highest BCUT2D eigenvalue weighted by molar-refractivity contribution is 5.82. The second-order valence-electron chi connectivity index (χ2n) is 5.79. The van der Waals surface area contributed by atoms with Gasteiger partial charge in [-0.25, -0.2) is 9.72 Å². The Labute approximate surface area is 112 Å². The molecule has 0 aromatic carbocycles. The van der Waals surface area contributed by atoms with Crippen molar-refractivity contribution in [1.29, 1.82) is 0 Å². The quantitative estimate of drug-likeness (QED) is 0.830. The Kier molecular flexibility index (Phi) is 3.40. The van der Waals surface area contributed by atoms with E-state index >= 15 is 0 Å². The summed E-state index contributed by atoms with van der Waals surface area (Å²) in [6.07, 6.45) is 10.6. The zero-order valence-corrected chi connectivity index (χ0v) is 11.0. The van der Waals surface area contributed by atoms with Crippen LogP contribution < -0.4 is 5.36 Å². The first kappa shape index (κ1) is 12.5. The van der Waals surface area contributed by atoms with Crippen molar-refractivity contribution in [2.75, 3.05) is 0 Å². The van der Waals surface area contributed by atoms with E-state index in [9.17, 15) is 4.79 Å². The first-order valence-electron chi connectivity index (χ1n) is 7.20. The topological polar surface area (TPSA) is 54.6 Å². The molecule has 102 valence electrons. The predicted octanol–water partition coefficient (Wildman–Crippen LogP) is 2.37. The lowest BCUT2D eigenvalue weighted by Crippen LogP contribution is -2.13. The third-order valence-electron chi connectivity index (χ3n) is 4.45. The van der Waals surface area contributed by atoms with Crippen LogP contribution in [-0.2, 0) is 4.79 Å². The van der Waals surface area contributed by atoms with E-state index in [-0.39, 0.29) is 11.8 Å². The smallest absolute Gasteiger partial charge is 0.249 e. The highest BCUT2D eigenvalue weighted by Gasteiger charge is 2.47. The first-order chi connectivity index (χ1) is 9.24. The molecule has 2 atom stereocenters. The highest BCUT2D eigenvalue weighted by Crippen LogP contribution is 2.49. The molecular formula is C15H20N2O2. The molecule has 0 spiro atoms. The molecule has 1 heterocycles. The van der Waals surface area contributed by atoms with E-state index in [4.69, 9.17) is 5.21 Å². The second-order valence-corrected chi connectivity index (χ2v) is 5.79. The summed E-state index contributed by atoms with van der Waals surface area (Å²) in [5.41, 5.74) is 0. The Morgan fingerprint density at radius 3 is 2.58 bits per heavy atom. The van der Waals surface area contributed by atoms with Gasteiger partial charge in [-0.15, -0.1) is 0 Å². The number of amides is 1. The number of pyridine rings is 1. The molecule has 4 heteroatoms. The van der Waals surface area contributed by atoms with E-state index in [1.807, 2.05) is 0 Å². The fourth-order valence-electron chi connectivity index (χ4n) is 3.28. The van der Waals surface area contributed by atoms with Gasteiger partial charge in [0.1, 0.15) is 0 Å². The zero-order valence-electron chi connectivity index (χ0n) is 11.0. The molecule has 0 aliphatic heterocycles. The van der Waals surface area contributed by atoms with Gasteiger partial charge in [-0.3, -0.25) is 4.79 Å². The van der Waals surface area contributed by atoms with Crippen LogP contribution in [-0.4, -0.2) is 15.8 Å². The number of nitrogens with zero attached hydrogens (tertiary/aromatic N) is 2. The lowest BCUT2D eigenvalue weighted by molar-refractivity contribution is -0.119. The van der Waals surface area contributed by atoms with Gasteiger partial charge in [0.2, 0.25) is 5.91 Å². The van der Waals surface area contributed by atoms with E-state index in [0.717, 1.165) is 17.1 Å². The van der Waals surface area contributed by atoms with Gasteiger partial charge in [-0.2, -0.15) is 0 Å². The standard InChI is InChI=1S/C15H20N2O2/c18-15(16-12-6-8-17(19)9-7-12)14-10-13(14)11-4-2-1-3-5-11/h6-9,11,13-14,19H,1-5,10H2. The van der Waals surface area contributed by atoms with Gasteiger partial charge in [0.05, 0.1) is 5.36 Å². The molecule has 1 aromatic rings. The van der Waals surface area contributed by atoms with E-state index < -0.39 is 0 Å². The van der Waals surface area contributed by atoms with Crippen LogP contribution in [0.25, 0.3) is 0 Å². The molecular weight excluding hydrogens is 240 g/mol. The maximum atomic E-state index is 12.1. The Hall–Kier alpha value is -1.58. The van der Waals surface area contributed by atoms with Crippen molar-refractivity contribution in [2.24, 2.45) is 22.7 Å². The van der Waals surface area contributed by atoms with Crippen molar-refractivity contribution in [3.05, 3.63) is 29.9 Å². The molecule has 2 saturated carbocycles. The zero-order chi connectivity index (χ0) is 13.2. The Bertz CT molecular complexity index is 509. The largest absolute Gasteiger partial charge is 0.429 e. The fourth-order valence-corrected chi connectivity index (χ4v) is 3.28. The van der Waals surface area contributed by atoms with Crippen LogP contribution in [0.1, 0.15) is 38.5 Å². The van der Waals surface area contributed by atoms with Gasteiger partial charge in [0.15, 0.2) is 0 Å². The average Bonchev–Trinajstić information content (AvgIpc) is 3.23. The van der Waals surface area contributed by atoms with Gasteiger partial charge < -0.3 is 5.21 Å². The minimum Gasteiger partial charge on any atom is -0.429 e. The summed E-state index contributed by atoms with van der Waals surface area (Å²) in [5, 5.41) is 9.74. The molecule has 0 bridgehead atoms. The second kappa shape index (κ2) is 5.19. The van der Waals surface area contributed by atoms with Crippen LogP contribution in [0.2, 0.25) is 0 Å². The molecule has 0 radical (unpaired) electrons. The molecule has 1 aromatic heterocycles. The van der Waals surface area contributed by atoms with Gasteiger partial charge in [0, 0.05) is 18.3 Å². The summed E-state index contributed by atoms with van der Waals surface area (Å²) >= 11 is 0. The van der Waals surface area contributed by atoms with Crippen LogP contribution in [0, 0.1) is 17.8 Å². The molecule has 3 rings (SSSR count). The summed E-state index contributed by atoms with van der Waals surface area (Å²) in [6, 6.07) is 3.30. The van der Waals surface area contributed by atoms with Crippen LogP contribution in [0.15, 0.2) is 29.5 Å². The van der Waals surface area contributed by atoms with Gasteiger partial charge in [-0.1, -0.05) is 32.1 Å². The molecule has 0 saturated heterocycles. The molecule has 4 nitrogen and oxygen atoms in total. The third kappa shape index (κ3) is 2.88. The molecule has 2 fully saturated rings. The van der Waals surface area contributed by atoms with Gasteiger partial charge in [-0.05, 0) is 30.4 Å². The lowest BCUT2D eigenvalue weighted by Gasteiger charge is -2.21. The molecule has 19 heavy (non-hydrogen) atoms. The number of hydrogen-bond donors (Lipinski definition) is 1. The Balaban J connectivity index is 1.63. The van der Waals surface area contributed by atoms with E-state index in [1.165, 1.54) is 44.5 Å². The van der Waals surface area contributed by atoms with Gasteiger partial charge in [0.25, 0.3) is 0 Å². The average molecular weight is 260 g/mol. The van der Waals surface area contributed by atoms with Crippen molar-refractivity contribution in [3.8, 4) is 0 Å². The summed E-state index contributed by atoms with van der Waals surface area (Å²) in [4.78, 5) is 16.2. The molecule has 1 amide bonds. The molecule has 2 unspecified atom stereocenters. The molecule has 2 aliphatic rings. The van der Waals surface area contributed by atoms with Crippen LogP contribution in [0.5, 0.6) is 0 Å². The number of hydrogen-bond acceptors (Lipinski definition) is 2. The lowest BCUT2D eigenvalue weighted by atomic mass is 9.85. The Morgan fingerprint density at radius 2 is 1.89 bits per heavy atom. The fraction of sp³-hybridized carbons (Fsp3) is 0.600. The maximum Gasteiger partial charge on any atom is 0.249 e. The van der Waals surface area contributed by atoms with E-state index in [0.29, 0.717) is 11.3 Å². The van der Waals surface area contributed by atoms with Crippen molar-refractivity contribution in [3.63, 3.8) is 0 Å². The van der Waals surface area contributed by atoms with Crippen molar-refractivity contribution >= 4 is 5.91 Å². The summed E-state index contributed by atoms with van der Waals surface area (Å²) in [5.74, 6) is 1.52. The monoisotopic (exact) mass is 260 g/mol. The first-order valence-corrected chi connectivity index (χ1v) is 7.20. The summed E-state index contributed by atoms with van der Waals surface area (Å²) in [6.45, 7) is 0. The van der Waals surface area contributed by atoms with Crippen LogP contribution in [0.4, 0.5) is 0 Å².